The van der Waals surface area contributed by atoms with E-state index in [9.17, 15) is 9.18 Å². The van der Waals surface area contributed by atoms with Gasteiger partial charge in [-0.05, 0) is 23.8 Å². The zero-order valence-electron chi connectivity index (χ0n) is 11.7. The van der Waals surface area contributed by atoms with Crippen molar-refractivity contribution in [1.82, 2.24) is 9.88 Å². The first-order valence-corrected chi connectivity index (χ1v) is 7.14. The molecule has 0 aliphatic heterocycles. The Labute approximate surface area is 131 Å². The molecule has 2 rings (SSSR count). The molecule has 0 spiro atoms. The van der Waals surface area contributed by atoms with Crippen molar-refractivity contribution in [2.75, 3.05) is 19.4 Å². The van der Waals surface area contributed by atoms with E-state index in [0.29, 0.717) is 6.54 Å². The fraction of sp³-hybridized carbons (Fsp3) is 0.200. The zero-order valence-corrected chi connectivity index (χ0v) is 13.3. The molecule has 0 bridgehead atoms. The van der Waals surface area contributed by atoms with Crippen LogP contribution in [0, 0.1) is 5.82 Å². The van der Waals surface area contributed by atoms with Crippen molar-refractivity contribution in [3.05, 3.63) is 57.9 Å². The van der Waals surface area contributed by atoms with Gasteiger partial charge in [-0.15, -0.1) is 0 Å². The molecule has 1 N–H and O–H groups in total. The Hall–Kier alpha value is -1.95. The van der Waals surface area contributed by atoms with E-state index in [1.807, 2.05) is 24.3 Å². The topological polar surface area (TPSA) is 45.2 Å². The number of carbonyl (C=O) groups is 1. The predicted molar refractivity (Wildman–Crippen MR) is 83.7 cm³/mol. The summed E-state index contributed by atoms with van der Waals surface area (Å²) in [6, 6.07) is 9.02. The van der Waals surface area contributed by atoms with Crippen molar-refractivity contribution >= 4 is 27.7 Å². The number of aromatic nitrogens is 1. The Bertz CT molecular complexity index is 646. The smallest absolute Gasteiger partial charge is 0.257 e. The lowest BCUT2D eigenvalue weighted by Crippen LogP contribution is -2.27. The van der Waals surface area contributed by atoms with Gasteiger partial charge in [-0.3, -0.25) is 4.79 Å². The van der Waals surface area contributed by atoms with Gasteiger partial charge in [-0.2, -0.15) is 0 Å². The second kappa shape index (κ2) is 6.67. The summed E-state index contributed by atoms with van der Waals surface area (Å²) in [6.45, 7) is 0.406. The lowest BCUT2D eigenvalue weighted by Gasteiger charge is -2.18. The van der Waals surface area contributed by atoms with Gasteiger partial charge in [0, 0.05) is 31.3 Å². The number of rotatable bonds is 4. The van der Waals surface area contributed by atoms with Crippen molar-refractivity contribution < 1.29 is 9.18 Å². The Morgan fingerprint density at radius 1 is 1.33 bits per heavy atom. The molecule has 1 aromatic heterocycles. The molecule has 0 atom stereocenters. The lowest BCUT2D eigenvalue weighted by atomic mass is 10.2. The molecule has 6 heteroatoms. The van der Waals surface area contributed by atoms with E-state index in [4.69, 9.17) is 0 Å². The Morgan fingerprint density at radius 2 is 2.00 bits per heavy atom. The minimum atomic E-state index is -0.632. The summed E-state index contributed by atoms with van der Waals surface area (Å²) in [5.41, 5.74) is 0.978. The summed E-state index contributed by atoms with van der Waals surface area (Å²) < 4.78 is 15.1. The molecule has 2 aromatic rings. The number of pyridine rings is 1. The number of benzene rings is 1. The Morgan fingerprint density at radius 3 is 2.62 bits per heavy atom. The highest BCUT2D eigenvalue weighted by Gasteiger charge is 2.19. The van der Waals surface area contributed by atoms with Crippen LogP contribution in [0.15, 0.2) is 41.0 Å². The van der Waals surface area contributed by atoms with Crippen molar-refractivity contribution in [1.29, 1.82) is 0 Å². The molecule has 0 unspecified atom stereocenters. The van der Waals surface area contributed by atoms with Crippen LogP contribution in [-0.2, 0) is 6.54 Å². The van der Waals surface area contributed by atoms with Crippen LogP contribution in [-0.4, -0.2) is 29.9 Å². The molecule has 0 radical (unpaired) electrons. The van der Waals surface area contributed by atoms with E-state index in [1.165, 1.54) is 17.2 Å². The third-order valence-corrected chi connectivity index (χ3v) is 3.56. The Kier molecular flexibility index (Phi) is 4.90. The molecule has 21 heavy (non-hydrogen) atoms. The SMILES string of the molecule is CNc1nccc(C(=O)N(C)Cc2ccc(Br)cc2)c1F. The molecule has 0 aliphatic rings. The van der Waals surface area contributed by atoms with Gasteiger partial charge in [0.2, 0.25) is 0 Å². The minimum absolute atomic E-state index is 0.00830. The van der Waals surface area contributed by atoms with E-state index in [-0.39, 0.29) is 17.3 Å². The summed E-state index contributed by atoms with van der Waals surface area (Å²) in [6.07, 6.45) is 1.41. The first-order valence-electron chi connectivity index (χ1n) is 6.35. The lowest BCUT2D eigenvalue weighted by molar-refractivity contribution is 0.0780. The maximum Gasteiger partial charge on any atom is 0.257 e. The third kappa shape index (κ3) is 3.58. The summed E-state index contributed by atoms with van der Waals surface area (Å²) in [5.74, 6) is -0.945. The summed E-state index contributed by atoms with van der Waals surface area (Å²) in [5, 5.41) is 2.62. The quantitative estimate of drug-likeness (QED) is 0.919. The Balaban J connectivity index is 2.17. The second-order valence-corrected chi connectivity index (χ2v) is 5.47. The molecule has 4 nitrogen and oxygen atoms in total. The van der Waals surface area contributed by atoms with E-state index in [2.05, 4.69) is 26.2 Å². The average molecular weight is 352 g/mol. The second-order valence-electron chi connectivity index (χ2n) is 4.56. The summed E-state index contributed by atoms with van der Waals surface area (Å²) in [4.78, 5) is 17.6. The average Bonchev–Trinajstić information content (AvgIpc) is 2.49. The van der Waals surface area contributed by atoms with E-state index >= 15 is 0 Å². The van der Waals surface area contributed by atoms with Crippen LogP contribution >= 0.6 is 15.9 Å². The molecule has 1 amide bonds. The number of nitrogens with one attached hydrogen (secondary N) is 1. The molecule has 0 saturated carbocycles. The van der Waals surface area contributed by atoms with Crippen molar-refractivity contribution in [3.8, 4) is 0 Å². The number of hydrogen-bond donors (Lipinski definition) is 1. The standard InChI is InChI=1S/C15H15BrFN3O/c1-18-14-13(17)12(7-8-19-14)15(21)20(2)9-10-3-5-11(16)6-4-10/h3-8H,9H2,1-2H3,(H,18,19). The van der Waals surface area contributed by atoms with Gasteiger partial charge in [0.1, 0.15) is 0 Å². The van der Waals surface area contributed by atoms with E-state index < -0.39 is 5.82 Å². The normalized spacial score (nSPS) is 10.3. The number of nitrogens with zero attached hydrogens (tertiary/aromatic N) is 2. The number of carbonyl (C=O) groups excluding carboxylic acids is 1. The van der Waals surface area contributed by atoms with Gasteiger partial charge in [0.15, 0.2) is 11.6 Å². The van der Waals surface area contributed by atoms with Crippen LogP contribution in [0.2, 0.25) is 0 Å². The molecular formula is C15H15BrFN3O. The van der Waals surface area contributed by atoms with Crippen LogP contribution < -0.4 is 5.32 Å². The van der Waals surface area contributed by atoms with E-state index in [1.54, 1.807) is 14.1 Å². The fourth-order valence-corrected chi connectivity index (χ4v) is 2.19. The molecule has 0 fully saturated rings. The first-order chi connectivity index (χ1) is 10.0. The van der Waals surface area contributed by atoms with Gasteiger partial charge in [-0.25, -0.2) is 9.37 Å². The number of halogens is 2. The van der Waals surface area contributed by atoms with Gasteiger partial charge in [0.05, 0.1) is 5.56 Å². The molecule has 110 valence electrons. The molecule has 1 aromatic carbocycles. The van der Waals surface area contributed by atoms with E-state index in [0.717, 1.165) is 10.0 Å². The van der Waals surface area contributed by atoms with Crippen LogP contribution in [0.4, 0.5) is 10.2 Å². The molecule has 0 saturated heterocycles. The maximum absolute atomic E-state index is 14.1. The molecule has 0 aliphatic carbocycles. The van der Waals surface area contributed by atoms with Crippen LogP contribution in [0.25, 0.3) is 0 Å². The minimum Gasteiger partial charge on any atom is -0.371 e. The van der Waals surface area contributed by atoms with Crippen molar-refractivity contribution in [2.45, 2.75) is 6.54 Å². The summed E-state index contributed by atoms with van der Waals surface area (Å²) >= 11 is 3.36. The largest absolute Gasteiger partial charge is 0.371 e. The van der Waals surface area contributed by atoms with Crippen molar-refractivity contribution in [3.63, 3.8) is 0 Å². The van der Waals surface area contributed by atoms with Gasteiger partial charge in [-0.1, -0.05) is 28.1 Å². The van der Waals surface area contributed by atoms with Crippen LogP contribution in [0.5, 0.6) is 0 Å². The van der Waals surface area contributed by atoms with Crippen LogP contribution in [0.1, 0.15) is 15.9 Å². The monoisotopic (exact) mass is 351 g/mol. The highest BCUT2D eigenvalue weighted by atomic mass is 79.9. The highest BCUT2D eigenvalue weighted by molar-refractivity contribution is 9.10. The van der Waals surface area contributed by atoms with Gasteiger partial charge in [0.25, 0.3) is 5.91 Å². The molecular weight excluding hydrogens is 337 g/mol. The third-order valence-electron chi connectivity index (χ3n) is 3.04. The highest BCUT2D eigenvalue weighted by Crippen LogP contribution is 2.17. The van der Waals surface area contributed by atoms with Crippen molar-refractivity contribution in [2.24, 2.45) is 0 Å². The number of amides is 1. The number of anilines is 1. The number of hydrogen-bond acceptors (Lipinski definition) is 3. The predicted octanol–water partition coefficient (Wildman–Crippen LogP) is 3.30. The van der Waals surface area contributed by atoms with Crippen LogP contribution in [0.3, 0.4) is 0 Å². The fourth-order valence-electron chi connectivity index (χ4n) is 1.92. The molecule has 1 heterocycles. The van der Waals surface area contributed by atoms with Gasteiger partial charge < -0.3 is 10.2 Å². The zero-order chi connectivity index (χ0) is 15.4. The maximum atomic E-state index is 14.1. The van der Waals surface area contributed by atoms with Gasteiger partial charge >= 0.3 is 0 Å². The first kappa shape index (κ1) is 15.4. The summed E-state index contributed by atoms with van der Waals surface area (Å²) in [7, 11) is 3.20.